The first-order valence-electron chi connectivity index (χ1n) is 5.10. The molecule has 15 heavy (non-hydrogen) atoms. The molecular formula is C10H20N4O. The first kappa shape index (κ1) is 12.2. The molecule has 1 rings (SSSR count). The van der Waals surface area contributed by atoms with Crippen LogP contribution in [0.15, 0.2) is 12.5 Å². The van der Waals surface area contributed by atoms with Crippen LogP contribution in [-0.4, -0.2) is 53.3 Å². The second-order valence-electron chi connectivity index (χ2n) is 3.92. The van der Waals surface area contributed by atoms with Gasteiger partial charge in [0.2, 0.25) is 0 Å². The fourth-order valence-electron chi connectivity index (χ4n) is 1.43. The molecule has 0 aliphatic carbocycles. The number of aliphatic hydroxyl groups is 1. The van der Waals surface area contributed by atoms with Gasteiger partial charge in [-0.25, -0.2) is 4.98 Å². The van der Waals surface area contributed by atoms with Crippen LogP contribution in [0.5, 0.6) is 0 Å². The van der Waals surface area contributed by atoms with E-state index in [9.17, 15) is 5.11 Å². The van der Waals surface area contributed by atoms with Crippen LogP contribution in [0.3, 0.4) is 0 Å². The highest BCUT2D eigenvalue weighted by Crippen LogP contribution is 2.09. The summed E-state index contributed by atoms with van der Waals surface area (Å²) in [6, 6.07) is -0.0301. The van der Waals surface area contributed by atoms with Crippen LogP contribution in [-0.2, 0) is 7.05 Å². The summed E-state index contributed by atoms with van der Waals surface area (Å²) < 4.78 is 1.92. The number of aliphatic hydroxyl groups excluding tert-OH is 1. The van der Waals surface area contributed by atoms with Crippen molar-refractivity contribution in [3.63, 3.8) is 0 Å². The Balaban J connectivity index is 2.46. The molecule has 0 fully saturated rings. The van der Waals surface area contributed by atoms with Gasteiger partial charge in [-0.2, -0.15) is 0 Å². The maximum Gasteiger partial charge on any atom is 0.0946 e. The van der Waals surface area contributed by atoms with Crippen LogP contribution < -0.4 is 5.32 Å². The SMILES string of the molecule is CN(C)CCNC(CO)c1cncn1C. The average molecular weight is 212 g/mol. The molecule has 1 unspecified atom stereocenters. The zero-order valence-electron chi connectivity index (χ0n) is 9.64. The van der Waals surface area contributed by atoms with E-state index < -0.39 is 0 Å². The predicted octanol–water partition coefficient (Wildman–Crippen LogP) is -0.395. The van der Waals surface area contributed by atoms with Crippen molar-refractivity contribution in [3.8, 4) is 0 Å². The highest BCUT2D eigenvalue weighted by Gasteiger charge is 2.12. The topological polar surface area (TPSA) is 53.3 Å². The quantitative estimate of drug-likeness (QED) is 0.674. The van der Waals surface area contributed by atoms with Crippen molar-refractivity contribution in [2.75, 3.05) is 33.8 Å². The van der Waals surface area contributed by atoms with E-state index in [1.54, 1.807) is 12.5 Å². The number of nitrogens with zero attached hydrogens (tertiary/aromatic N) is 3. The highest BCUT2D eigenvalue weighted by molar-refractivity contribution is 5.04. The fraction of sp³-hybridized carbons (Fsp3) is 0.700. The zero-order valence-corrected chi connectivity index (χ0v) is 9.64. The molecular weight excluding hydrogens is 192 g/mol. The molecule has 0 aromatic carbocycles. The Morgan fingerprint density at radius 3 is 2.80 bits per heavy atom. The summed E-state index contributed by atoms with van der Waals surface area (Å²) >= 11 is 0. The Morgan fingerprint density at radius 1 is 1.60 bits per heavy atom. The molecule has 5 nitrogen and oxygen atoms in total. The molecule has 1 heterocycles. The van der Waals surface area contributed by atoms with Crippen LogP contribution >= 0.6 is 0 Å². The van der Waals surface area contributed by atoms with Crippen LogP contribution in [0.4, 0.5) is 0 Å². The normalized spacial score (nSPS) is 13.4. The number of hydrogen-bond donors (Lipinski definition) is 2. The summed E-state index contributed by atoms with van der Waals surface area (Å²) in [7, 11) is 5.98. The van der Waals surface area contributed by atoms with E-state index in [0.29, 0.717) is 0 Å². The van der Waals surface area contributed by atoms with Crippen molar-refractivity contribution in [2.45, 2.75) is 6.04 Å². The van der Waals surface area contributed by atoms with E-state index in [2.05, 4.69) is 15.2 Å². The van der Waals surface area contributed by atoms with Crippen LogP contribution in [0.2, 0.25) is 0 Å². The second-order valence-corrected chi connectivity index (χ2v) is 3.92. The second kappa shape index (κ2) is 5.85. The lowest BCUT2D eigenvalue weighted by molar-refractivity contribution is 0.236. The van der Waals surface area contributed by atoms with Gasteiger partial charge < -0.3 is 19.9 Å². The molecule has 0 spiro atoms. The maximum atomic E-state index is 9.27. The Kier molecular flexibility index (Phi) is 4.74. The van der Waals surface area contributed by atoms with Gasteiger partial charge in [-0.15, -0.1) is 0 Å². The molecule has 86 valence electrons. The third kappa shape index (κ3) is 3.62. The van der Waals surface area contributed by atoms with Gasteiger partial charge in [0, 0.05) is 26.3 Å². The third-order valence-corrected chi connectivity index (χ3v) is 2.34. The molecule has 0 amide bonds. The summed E-state index contributed by atoms with van der Waals surface area (Å²) in [6.45, 7) is 1.89. The molecule has 0 aliphatic rings. The maximum absolute atomic E-state index is 9.27. The predicted molar refractivity (Wildman–Crippen MR) is 59.6 cm³/mol. The summed E-state index contributed by atoms with van der Waals surface area (Å²) in [6.07, 6.45) is 3.52. The van der Waals surface area contributed by atoms with Crippen LogP contribution in [0, 0.1) is 0 Å². The summed E-state index contributed by atoms with van der Waals surface area (Å²) in [5.41, 5.74) is 1.01. The minimum absolute atomic E-state index is 0.0301. The van der Waals surface area contributed by atoms with Crippen molar-refractivity contribution in [1.29, 1.82) is 0 Å². The van der Waals surface area contributed by atoms with Gasteiger partial charge in [-0.1, -0.05) is 0 Å². The smallest absolute Gasteiger partial charge is 0.0946 e. The van der Waals surface area contributed by atoms with E-state index in [-0.39, 0.29) is 12.6 Å². The number of aromatic nitrogens is 2. The summed E-state index contributed by atoms with van der Waals surface area (Å²) in [4.78, 5) is 6.14. The highest BCUT2D eigenvalue weighted by atomic mass is 16.3. The van der Waals surface area contributed by atoms with Gasteiger partial charge >= 0.3 is 0 Å². The monoisotopic (exact) mass is 212 g/mol. The van der Waals surface area contributed by atoms with Gasteiger partial charge in [0.1, 0.15) is 0 Å². The Morgan fingerprint density at radius 2 is 2.33 bits per heavy atom. The van der Waals surface area contributed by atoms with Gasteiger partial charge in [0.15, 0.2) is 0 Å². The van der Waals surface area contributed by atoms with E-state index in [1.165, 1.54) is 0 Å². The summed E-state index contributed by atoms with van der Waals surface area (Å²) in [5.74, 6) is 0. The molecule has 1 aromatic heterocycles. The Labute approximate surface area is 90.7 Å². The lowest BCUT2D eigenvalue weighted by atomic mass is 10.2. The molecule has 0 saturated heterocycles. The molecule has 0 aliphatic heterocycles. The molecule has 0 radical (unpaired) electrons. The summed E-state index contributed by atoms with van der Waals surface area (Å²) in [5, 5.41) is 12.6. The molecule has 1 atom stereocenters. The van der Waals surface area contributed by atoms with E-state index in [1.807, 2.05) is 25.7 Å². The first-order valence-corrected chi connectivity index (χ1v) is 5.10. The zero-order chi connectivity index (χ0) is 11.3. The Hall–Kier alpha value is -0.910. The Bertz CT molecular complexity index is 285. The lowest BCUT2D eigenvalue weighted by Gasteiger charge is -2.18. The van der Waals surface area contributed by atoms with Crippen LogP contribution in [0.25, 0.3) is 0 Å². The van der Waals surface area contributed by atoms with E-state index in [0.717, 1.165) is 18.8 Å². The van der Waals surface area contributed by atoms with Crippen LogP contribution in [0.1, 0.15) is 11.7 Å². The fourth-order valence-corrected chi connectivity index (χ4v) is 1.43. The first-order chi connectivity index (χ1) is 7.15. The molecule has 1 aromatic rings. The van der Waals surface area contributed by atoms with Crippen molar-refractivity contribution in [3.05, 3.63) is 18.2 Å². The third-order valence-electron chi connectivity index (χ3n) is 2.34. The number of hydrogen-bond acceptors (Lipinski definition) is 4. The molecule has 0 bridgehead atoms. The van der Waals surface area contributed by atoms with E-state index >= 15 is 0 Å². The largest absolute Gasteiger partial charge is 0.394 e. The number of likely N-dealkylation sites (N-methyl/N-ethyl adjacent to an activating group) is 1. The van der Waals surface area contributed by atoms with Gasteiger partial charge in [-0.3, -0.25) is 0 Å². The number of nitrogens with one attached hydrogen (secondary N) is 1. The van der Waals surface area contributed by atoms with Crippen molar-refractivity contribution in [2.24, 2.45) is 7.05 Å². The number of imidazole rings is 1. The van der Waals surface area contributed by atoms with Crippen molar-refractivity contribution >= 4 is 0 Å². The van der Waals surface area contributed by atoms with E-state index in [4.69, 9.17) is 0 Å². The standard InChI is InChI=1S/C10H20N4O/c1-13(2)5-4-12-9(7-15)10-6-11-8-14(10)3/h6,8-9,12,15H,4-5,7H2,1-3H3. The van der Waals surface area contributed by atoms with Crippen molar-refractivity contribution in [1.82, 2.24) is 19.8 Å². The molecule has 2 N–H and O–H groups in total. The number of rotatable bonds is 6. The molecule has 0 saturated carbocycles. The van der Waals surface area contributed by atoms with Crippen molar-refractivity contribution < 1.29 is 5.11 Å². The van der Waals surface area contributed by atoms with Gasteiger partial charge in [0.05, 0.1) is 24.7 Å². The lowest BCUT2D eigenvalue weighted by Crippen LogP contribution is -2.32. The minimum atomic E-state index is -0.0301. The van der Waals surface area contributed by atoms with Gasteiger partial charge in [0.25, 0.3) is 0 Å². The van der Waals surface area contributed by atoms with Gasteiger partial charge in [-0.05, 0) is 14.1 Å². The number of aryl methyl sites for hydroxylation is 1. The molecule has 5 heteroatoms. The minimum Gasteiger partial charge on any atom is -0.394 e. The average Bonchev–Trinajstić information content (AvgIpc) is 2.59.